The molecule has 0 spiro atoms. The van der Waals surface area contributed by atoms with Crippen LogP contribution in [-0.2, 0) is 6.42 Å². The minimum atomic E-state index is -0.708. The molecule has 0 radical (unpaired) electrons. The fourth-order valence-corrected chi connectivity index (χ4v) is 1.62. The van der Waals surface area contributed by atoms with Crippen LogP contribution in [0.5, 0.6) is 5.75 Å². The van der Waals surface area contributed by atoms with Crippen molar-refractivity contribution < 1.29 is 13.5 Å². The van der Waals surface area contributed by atoms with E-state index in [4.69, 9.17) is 10.00 Å². The molecule has 0 amide bonds. The van der Waals surface area contributed by atoms with Crippen LogP contribution < -0.4 is 4.74 Å². The Bertz CT molecular complexity index is 603. The number of nitriles is 1. The van der Waals surface area contributed by atoms with Gasteiger partial charge in [-0.2, -0.15) is 5.26 Å². The van der Waals surface area contributed by atoms with E-state index < -0.39 is 11.6 Å². The van der Waals surface area contributed by atoms with Gasteiger partial charge in [0, 0.05) is 12.5 Å². The van der Waals surface area contributed by atoms with Gasteiger partial charge in [-0.05, 0) is 29.8 Å². The molecule has 96 valence electrons. The molecule has 0 bridgehead atoms. The first-order valence-corrected chi connectivity index (χ1v) is 5.76. The molecule has 0 atom stereocenters. The van der Waals surface area contributed by atoms with Crippen LogP contribution in [0.4, 0.5) is 8.78 Å². The fourth-order valence-electron chi connectivity index (χ4n) is 1.62. The standard InChI is InChI=1S/C15H11F2NO/c16-13-5-6-15(14(17)9-13)19-8-7-11-1-3-12(10-18)4-2-11/h1-6,9H,7-8H2. The van der Waals surface area contributed by atoms with Crippen LogP contribution in [0.3, 0.4) is 0 Å². The zero-order valence-corrected chi connectivity index (χ0v) is 10.1. The van der Waals surface area contributed by atoms with E-state index in [1.54, 1.807) is 12.1 Å². The summed E-state index contributed by atoms with van der Waals surface area (Å²) in [4.78, 5) is 0. The van der Waals surface area contributed by atoms with E-state index in [9.17, 15) is 8.78 Å². The third-order valence-electron chi connectivity index (χ3n) is 2.63. The minimum absolute atomic E-state index is 0.0371. The molecule has 0 saturated carbocycles. The number of benzene rings is 2. The maximum absolute atomic E-state index is 13.3. The van der Waals surface area contributed by atoms with Gasteiger partial charge in [0.25, 0.3) is 0 Å². The summed E-state index contributed by atoms with van der Waals surface area (Å²) in [7, 11) is 0. The van der Waals surface area contributed by atoms with Crippen molar-refractivity contribution in [3.05, 3.63) is 65.2 Å². The first kappa shape index (κ1) is 13.0. The Hall–Kier alpha value is -2.41. The number of ether oxygens (including phenoxy) is 1. The van der Waals surface area contributed by atoms with E-state index in [1.165, 1.54) is 6.07 Å². The van der Waals surface area contributed by atoms with E-state index in [-0.39, 0.29) is 12.4 Å². The average Bonchev–Trinajstić information content (AvgIpc) is 2.42. The number of halogens is 2. The summed E-state index contributed by atoms with van der Waals surface area (Å²) in [6.45, 7) is 0.286. The topological polar surface area (TPSA) is 33.0 Å². The maximum Gasteiger partial charge on any atom is 0.167 e. The molecular formula is C15H11F2NO. The Kier molecular flexibility index (Phi) is 4.09. The van der Waals surface area contributed by atoms with Crippen molar-refractivity contribution in [2.24, 2.45) is 0 Å². The van der Waals surface area contributed by atoms with Crippen molar-refractivity contribution >= 4 is 0 Å². The second-order valence-corrected chi connectivity index (χ2v) is 3.98. The summed E-state index contributed by atoms with van der Waals surface area (Å²) in [5.41, 5.74) is 1.58. The van der Waals surface area contributed by atoms with Crippen LogP contribution in [-0.4, -0.2) is 6.61 Å². The SMILES string of the molecule is N#Cc1ccc(CCOc2ccc(F)cc2F)cc1. The van der Waals surface area contributed by atoms with E-state index >= 15 is 0 Å². The fraction of sp³-hybridized carbons (Fsp3) is 0.133. The molecule has 0 aliphatic heterocycles. The van der Waals surface area contributed by atoms with Crippen molar-refractivity contribution in [1.29, 1.82) is 5.26 Å². The van der Waals surface area contributed by atoms with Gasteiger partial charge in [0.15, 0.2) is 11.6 Å². The van der Waals surface area contributed by atoms with Gasteiger partial charge in [0.05, 0.1) is 18.2 Å². The van der Waals surface area contributed by atoms with Crippen LogP contribution >= 0.6 is 0 Å². The maximum atomic E-state index is 13.3. The minimum Gasteiger partial charge on any atom is -0.490 e. The monoisotopic (exact) mass is 259 g/mol. The van der Waals surface area contributed by atoms with Gasteiger partial charge < -0.3 is 4.74 Å². The molecule has 19 heavy (non-hydrogen) atoms. The molecule has 0 fully saturated rings. The Balaban J connectivity index is 1.91. The lowest BCUT2D eigenvalue weighted by Gasteiger charge is -2.07. The van der Waals surface area contributed by atoms with Crippen molar-refractivity contribution in [1.82, 2.24) is 0 Å². The Morgan fingerprint density at radius 3 is 2.42 bits per heavy atom. The Morgan fingerprint density at radius 2 is 1.79 bits per heavy atom. The van der Waals surface area contributed by atoms with Crippen LogP contribution in [0, 0.1) is 23.0 Å². The number of hydrogen-bond donors (Lipinski definition) is 0. The third-order valence-corrected chi connectivity index (χ3v) is 2.63. The van der Waals surface area contributed by atoms with Crippen LogP contribution in [0.1, 0.15) is 11.1 Å². The summed E-state index contributed by atoms with van der Waals surface area (Å²) in [6, 6.07) is 12.3. The zero-order valence-electron chi connectivity index (χ0n) is 10.1. The summed E-state index contributed by atoms with van der Waals surface area (Å²) in [6.07, 6.45) is 0.586. The van der Waals surface area contributed by atoms with Gasteiger partial charge in [-0.1, -0.05) is 12.1 Å². The highest BCUT2D eigenvalue weighted by atomic mass is 19.1. The number of rotatable bonds is 4. The van der Waals surface area contributed by atoms with Gasteiger partial charge in [-0.25, -0.2) is 8.78 Å². The summed E-state index contributed by atoms with van der Waals surface area (Å²) in [5.74, 6) is -1.30. The van der Waals surface area contributed by atoms with Crippen molar-refractivity contribution in [2.45, 2.75) is 6.42 Å². The van der Waals surface area contributed by atoms with Gasteiger partial charge in [-0.15, -0.1) is 0 Å². The van der Waals surface area contributed by atoms with Crippen LogP contribution in [0.15, 0.2) is 42.5 Å². The zero-order chi connectivity index (χ0) is 13.7. The number of nitrogens with zero attached hydrogens (tertiary/aromatic N) is 1. The van der Waals surface area contributed by atoms with E-state index in [0.29, 0.717) is 12.0 Å². The van der Waals surface area contributed by atoms with Crippen molar-refractivity contribution in [3.63, 3.8) is 0 Å². The second kappa shape index (κ2) is 5.96. The molecule has 0 N–H and O–H groups in total. The molecule has 2 nitrogen and oxygen atoms in total. The van der Waals surface area contributed by atoms with Crippen molar-refractivity contribution in [3.8, 4) is 11.8 Å². The Morgan fingerprint density at radius 1 is 1.05 bits per heavy atom. The molecule has 0 saturated heterocycles. The van der Waals surface area contributed by atoms with E-state index in [2.05, 4.69) is 0 Å². The quantitative estimate of drug-likeness (QED) is 0.842. The first-order valence-electron chi connectivity index (χ1n) is 5.76. The Labute approximate surface area is 109 Å². The third kappa shape index (κ3) is 3.52. The lowest BCUT2D eigenvalue weighted by molar-refractivity contribution is 0.304. The summed E-state index contributed by atoms with van der Waals surface area (Å²) < 4.78 is 31.2. The highest BCUT2D eigenvalue weighted by Gasteiger charge is 2.04. The average molecular weight is 259 g/mol. The molecule has 2 aromatic rings. The highest BCUT2D eigenvalue weighted by molar-refractivity contribution is 5.31. The van der Waals surface area contributed by atoms with E-state index in [1.807, 2.05) is 18.2 Å². The molecule has 0 unspecified atom stereocenters. The summed E-state index contributed by atoms with van der Waals surface area (Å²) in [5, 5.41) is 8.66. The van der Waals surface area contributed by atoms with Gasteiger partial charge in [-0.3, -0.25) is 0 Å². The first-order chi connectivity index (χ1) is 9.19. The molecule has 2 aromatic carbocycles. The van der Waals surface area contributed by atoms with Crippen LogP contribution in [0.2, 0.25) is 0 Å². The molecule has 0 aromatic heterocycles. The van der Waals surface area contributed by atoms with Crippen LogP contribution in [0.25, 0.3) is 0 Å². The lowest BCUT2D eigenvalue weighted by atomic mass is 10.1. The lowest BCUT2D eigenvalue weighted by Crippen LogP contribution is -2.03. The van der Waals surface area contributed by atoms with E-state index in [0.717, 1.165) is 17.7 Å². The van der Waals surface area contributed by atoms with Gasteiger partial charge >= 0.3 is 0 Å². The second-order valence-electron chi connectivity index (χ2n) is 3.98. The molecule has 4 heteroatoms. The molecule has 0 heterocycles. The number of hydrogen-bond acceptors (Lipinski definition) is 2. The molecular weight excluding hydrogens is 248 g/mol. The predicted octanol–water partition coefficient (Wildman–Crippen LogP) is 3.46. The molecule has 0 aliphatic rings. The largest absolute Gasteiger partial charge is 0.490 e. The molecule has 0 aliphatic carbocycles. The normalized spacial score (nSPS) is 9.95. The van der Waals surface area contributed by atoms with Gasteiger partial charge in [0.2, 0.25) is 0 Å². The predicted molar refractivity (Wildman–Crippen MR) is 66.7 cm³/mol. The molecule has 2 rings (SSSR count). The van der Waals surface area contributed by atoms with Crippen molar-refractivity contribution in [2.75, 3.05) is 6.61 Å². The van der Waals surface area contributed by atoms with Gasteiger partial charge in [0.1, 0.15) is 5.82 Å². The smallest absolute Gasteiger partial charge is 0.167 e. The summed E-state index contributed by atoms with van der Waals surface area (Å²) >= 11 is 0. The highest BCUT2D eigenvalue weighted by Crippen LogP contribution is 2.17.